The van der Waals surface area contributed by atoms with Crippen LogP contribution >= 0.6 is 23.2 Å². The van der Waals surface area contributed by atoms with Crippen molar-refractivity contribution < 1.29 is 5.11 Å². The summed E-state index contributed by atoms with van der Waals surface area (Å²) in [7, 11) is 0. The molecule has 0 saturated heterocycles. The minimum Gasteiger partial charge on any atom is -0.373 e. The molecule has 0 radical (unpaired) electrons. The lowest BCUT2D eigenvalue weighted by Crippen LogP contribution is -2.31. The number of benzene rings is 1. The average molecular weight is 351 g/mol. The zero-order valence-electron chi connectivity index (χ0n) is 13.1. The molecule has 0 aliphatic carbocycles. The van der Waals surface area contributed by atoms with Crippen molar-refractivity contribution in [3.63, 3.8) is 0 Å². The first-order valence-electron chi connectivity index (χ1n) is 7.29. The molecule has 0 aliphatic rings. The Morgan fingerprint density at radius 1 is 1.35 bits per heavy atom. The number of rotatable bonds is 6. The Hall–Kier alpha value is -1.52. The molecule has 3 N–H and O–H groups in total. The third-order valence-electron chi connectivity index (χ3n) is 3.55. The summed E-state index contributed by atoms with van der Waals surface area (Å²) in [4.78, 5) is 3.19. The Labute approximate surface area is 146 Å². The summed E-state index contributed by atoms with van der Waals surface area (Å²) in [6.45, 7) is 7.56. The lowest BCUT2D eigenvalue weighted by atomic mass is 10.1. The van der Waals surface area contributed by atoms with Crippen molar-refractivity contribution in [3.8, 4) is 0 Å². The summed E-state index contributed by atoms with van der Waals surface area (Å²) < 4.78 is 0. The van der Waals surface area contributed by atoms with E-state index in [4.69, 9.17) is 23.2 Å². The summed E-state index contributed by atoms with van der Waals surface area (Å²) in [6.07, 6.45) is 4.59. The van der Waals surface area contributed by atoms with Crippen molar-refractivity contribution in [2.45, 2.75) is 26.1 Å². The number of hydrogen-bond donors (Lipinski definition) is 3. The average Bonchev–Trinajstić information content (AvgIpc) is 2.90. The van der Waals surface area contributed by atoms with Gasteiger partial charge in [-0.1, -0.05) is 41.9 Å². The molecule has 2 unspecified atom stereocenters. The van der Waals surface area contributed by atoms with Crippen LogP contribution in [0.4, 0.5) is 0 Å². The molecule has 23 heavy (non-hydrogen) atoms. The minimum absolute atomic E-state index is 0.0928. The van der Waals surface area contributed by atoms with Crippen LogP contribution in [0.1, 0.15) is 25.8 Å². The van der Waals surface area contributed by atoms with E-state index in [1.807, 2.05) is 37.3 Å². The molecule has 1 heterocycles. The third kappa shape index (κ3) is 4.72. The second kappa shape index (κ2) is 7.84. The largest absolute Gasteiger partial charge is 0.373 e. The second-order valence-electron chi connectivity index (χ2n) is 5.37. The number of hydrogen-bond acceptors (Lipinski definition) is 2. The minimum atomic E-state index is -0.833. The van der Waals surface area contributed by atoms with Gasteiger partial charge in [-0.05, 0) is 49.8 Å². The first-order valence-corrected chi connectivity index (χ1v) is 8.05. The highest BCUT2D eigenvalue weighted by Crippen LogP contribution is 2.23. The molecule has 122 valence electrons. The molecule has 0 aliphatic heterocycles. The zero-order valence-corrected chi connectivity index (χ0v) is 14.6. The summed E-state index contributed by atoms with van der Waals surface area (Å²) in [6, 6.07) is 7.35. The fraction of sp³-hybridized carbons (Fsp3) is 0.222. The number of allylic oxidation sites excluding steroid dienone is 3. The maximum Gasteiger partial charge on any atom is 0.146 e. The van der Waals surface area contributed by atoms with Gasteiger partial charge in [0.2, 0.25) is 0 Å². The van der Waals surface area contributed by atoms with Crippen LogP contribution in [-0.4, -0.2) is 16.1 Å². The van der Waals surface area contributed by atoms with E-state index in [9.17, 15) is 5.11 Å². The van der Waals surface area contributed by atoms with Crippen LogP contribution in [0.3, 0.4) is 0 Å². The number of aromatic nitrogens is 1. The highest BCUT2D eigenvalue weighted by molar-refractivity contribution is 6.31. The lowest BCUT2D eigenvalue weighted by molar-refractivity contribution is 0.128. The molecule has 2 aromatic rings. The maximum atomic E-state index is 10.4. The van der Waals surface area contributed by atoms with Gasteiger partial charge in [0, 0.05) is 27.0 Å². The van der Waals surface area contributed by atoms with Gasteiger partial charge in [0.15, 0.2) is 0 Å². The van der Waals surface area contributed by atoms with Crippen molar-refractivity contribution in [2.24, 2.45) is 0 Å². The van der Waals surface area contributed by atoms with Gasteiger partial charge in [-0.3, -0.25) is 5.32 Å². The van der Waals surface area contributed by atoms with E-state index in [0.29, 0.717) is 15.7 Å². The predicted molar refractivity (Wildman–Crippen MR) is 98.8 cm³/mol. The maximum absolute atomic E-state index is 10.4. The first kappa shape index (κ1) is 17.8. The van der Waals surface area contributed by atoms with Gasteiger partial charge in [-0.2, -0.15) is 0 Å². The first-order chi connectivity index (χ1) is 10.9. The van der Waals surface area contributed by atoms with Crippen LogP contribution in [0, 0.1) is 0 Å². The quantitative estimate of drug-likeness (QED) is 0.504. The number of halogens is 2. The van der Waals surface area contributed by atoms with E-state index in [1.54, 1.807) is 19.1 Å². The number of aliphatic hydroxyl groups is 1. The third-order valence-corrected chi connectivity index (χ3v) is 3.91. The Morgan fingerprint density at radius 3 is 2.74 bits per heavy atom. The number of aromatic amines is 1. The number of nitrogens with one attached hydrogen (secondary N) is 2. The second-order valence-corrected chi connectivity index (χ2v) is 6.40. The van der Waals surface area contributed by atoms with Crippen molar-refractivity contribution in [2.75, 3.05) is 0 Å². The number of H-pyrrole nitrogens is 1. The van der Waals surface area contributed by atoms with Crippen LogP contribution < -0.4 is 5.32 Å². The fourth-order valence-corrected chi connectivity index (χ4v) is 2.54. The normalized spacial score (nSPS) is 15.7. The molecule has 1 aromatic heterocycles. The highest BCUT2D eigenvalue weighted by Gasteiger charge is 2.15. The van der Waals surface area contributed by atoms with E-state index < -0.39 is 6.23 Å². The molecular weight excluding hydrogens is 331 g/mol. The molecule has 2 rings (SSSR count). The van der Waals surface area contributed by atoms with Gasteiger partial charge < -0.3 is 10.1 Å². The fourth-order valence-electron chi connectivity index (χ4n) is 2.30. The van der Waals surface area contributed by atoms with Crippen LogP contribution in [0.5, 0.6) is 0 Å². The molecule has 0 fully saturated rings. The predicted octanol–water partition coefficient (Wildman–Crippen LogP) is 5.05. The molecule has 2 atom stereocenters. The van der Waals surface area contributed by atoms with E-state index in [0.717, 1.165) is 16.5 Å². The van der Waals surface area contributed by atoms with Gasteiger partial charge in [0.1, 0.15) is 6.23 Å². The van der Waals surface area contributed by atoms with E-state index in [2.05, 4.69) is 16.9 Å². The van der Waals surface area contributed by atoms with Gasteiger partial charge in [-0.25, -0.2) is 0 Å². The molecule has 1 aromatic carbocycles. The van der Waals surface area contributed by atoms with Crippen molar-refractivity contribution in [1.29, 1.82) is 0 Å². The Bertz CT molecular complexity index is 757. The van der Waals surface area contributed by atoms with Crippen LogP contribution in [-0.2, 0) is 0 Å². The Kier molecular flexibility index (Phi) is 6.08. The van der Waals surface area contributed by atoms with Crippen molar-refractivity contribution in [3.05, 3.63) is 70.4 Å². The lowest BCUT2D eigenvalue weighted by Gasteiger charge is -2.19. The van der Waals surface area contributed by atoms with E-state index >= 15 is 0 Å². The molecule has 0 amide bonds. The number of aliphatic hydroxyl groups excluding tert-OH is 1. The highest BCUT2D eigenvalue weighted by atomic mass is 35.5. The molecule has 3 nitrogen and oxygen atoms in total. The monoisotopic (exact) mass is 350 g/mol. The number of fused-ring (bicyclic) bond motifs is 1. The summed E-state index contributed by atoms with van der Waals surface area (Å²) in [5.74, 6) is 0. The molecule has 5 heteroatoms. The zero-order chi connectivity index (χ0) is 17.0. The van der Waals surface area contributed by atoms with Crippen LogP contribution in [0.15, 0.2) is 59.7 Å². The molecule has 0 spiro atoms. The van der Waals surface area contributed by atoms with Crippen LogP contribution in [0.25, 0.3) is 10.9 Å². The smallest absolute Gasteiger partial charge is 0.146 e. The van der Waals surface area contributed by atoms with Gasteiger partial charge in [-0.15, -0.1) is 0 Å². The van der Waals surface area contributed by atoms with E-state index in [-0.39, 0.29) is 6.04 Å². The standard InChI is InChI=1S/C18H20Cl2N2O/c1-4-13(6-5-11(2)19)12(3)21-18(23)17-10-14-9-15(20)7-8-16(14)22-17/h4-10,12,18,21-23H,1H2,2-3H3. The van der Waals surface area contributed by atoms with Crippen molar-refractivity contribution in [1.82, 2.24) is 10.3 Å². The summed E-state index contributed by atoms with van der Waals surface area (Å²) in [5.41, 5.74) is 2.54. The summed E-state index contributed by atoms with van der Waals surface area (Å²) in [5, 5.41) is 15.8. The topological polar surface area (TPSA) is 48.0 Å². The van der Waals surface area contributed by atoms with Gasteiger partial charge in [0.05, 0.1) is 5.69 Å². The van der Waals surface area contributed by atoms with Crippen molar-refractivity contribution >= 4 is 34.1 Å². The van der Waals surface area contributed by atoms with Gasteiger partial charge in [0.25, 0.3) is 0 Å². The Morgan fingerprint density at radius 2 is 2.09 bits per heavy atom. The molecular formula is C18H20Cl2N2O. The SMILES string of the molecule is C=CC(=CC=C(C)Cl)C(C)NC(O)c1cc2cc(Cl)ccc2[nH]1. The van der Waals surface area contributed by atoms with Gasteiger partial charge >= 0.3 is 0 Å². The van der Waals surface area contributed by atoms with E-state index in [1.165, 1.54) is 0 Å². The van der Waals surface area contributed by atoms with Crippen LogP contribution in [0.2, 0.25) is 5.02 Å². The molecule has 0 saturated carbocycles. The Balaban J connectivity index is 2.15. The summed E-state index contributed by atoms with van der Waals surface area (Å²) >= 11 is 11.8. The molecule has 0 bridgehead atoms.